The Balaban J connectivity index is 1.54. The lowest BCUT2D eigenvalue weighted by Gasteiger charge is -2.10. The molecule has 6 nitrogen and oxygen atoms in total. The van der Waals surface area contributed by atoms with Gasteiger partial charge in [0.15, 0.2) is 11.8 Å². The van der Waals surface area contributed by atoms with Crippen LogP contribution in [0.2, 0.25) is 0 Å². The van der Waals surface area contributed by atoms with Gasteiger partial charge in [-0.3, -0.25) is 4.99 Å². The molecular formula is C22H27N5O. The molecule has 1 aromatic heterocycles. The lowest BCUT2D eigenvalue weighted by molar-refractivity contribution is 0.423. The van der Waals surface area contributed by atoms with Crippen molar-refractivity contribution in [3.63, 3.8) is 0 Å². The van der Waals surface area contributed by atoms with Crippen LogP contribution in [0.25, 0.3) is 11.5 Å². The summed E-state index contributed by atoms with van der Waals surface area (Å²) in [5.74, 6) is 2.17. The van der Waals surface area contributed by atoms with Crippen molar-refractivity contribution in [3.05, 3.63) is 65.5 Å². The Morgan fingerprint density at radius 3 is 2.64 bits per heavy atom. The molecule has 146 valence electrons. The van der Waals surface area contributed by atoms with Crippen LogP contribution in [0.1, 0.15) is 43.6 Å². The summed E-state index contributed by atoms with van der Waals surface area (Å²) in [6.07, 6.45) is 1.57. The molecule has 2 aromatic carbocycles. The normalized spacial score (nSPS) is 11.8. The number of nitrogens with one attached hydrogen (secondary N) is 1. The molecule has 3 aromatic rings. The van der Waals surface area contributed by atoms with Crippen LogP contribution >= 0.6 is 0 Å². The van der Waals surface area contributed by atoms with E-state index in [9.17, 15) is 0 Å². The van der Waals surface area contributed by atoms with Gasteiger partial charge in [0.05, 0.1) is 0 Å². The summed E-state index contributed by atoms with van der Waals surface area (Å²) in [5, 5.41) is 7.09. The first-order valence-electron chi connectivity index (χ1n) is 9.64. The van der Waals surface area contributed by atoms with Gasteiger partial charge in [0, 0.05) is 24.2 Å². The summed E-state index contributed by atoms with van der Waals surface area (Å²) >= 11 is 0. The summed E-state index contributed by atoms with van der Waals surface area (Å²) in [6, 6.07) is 16.3. The molecule has 0 unspecified atom stereocenters. The fraction of sp³-hybridized carbons (Fsp3) is 0.318. The van der Waals surface area contributed by atoms with E-state index in [1.54, 1.807) is 0 Å². The van der Waals surface area contributed by atoms with Gasteiger partial charge in [0.2, 0.25) is 0 Å². The zero-order chi connectivity index (χ0) is 19.9. The topological polar surface area (TPSA) is 89.3 Å². The minimum absolute atomic E-state index is 0.426. The van der Waals surface area contributed by atoms with Gasteiger partial charge in [-0.25, -0.2) is 0 Å². The fourth-order valence-corrected chi connectivity index (χ4v) is 2.80. The molecular weight excluding hydrogens is 350 g/mol. The van der Waals surface area contributed by atoms with Gasteiger partial charge < -0.3 is 15.6 Å². The zero-order valence-electron chi connectivity index (χ0n) is 16.6. The van der Waals surface area contributed by atoms with Crippen LogP contribution < -0.4 is 11.1 Å². The number of rotatable bonds is 7. The van der Waals surface area contributed by atoms with Gasteiger partial charge in [-0.2, -0.15) is 4.98 Å². The van der Waals surface area contributed by atoms with Crippen molar-refractivity contribution in [2.45, 2.75) is 39.5 Å². The van der Waals surface area contributed by atoms with Crippen molar-refractivity contribution in [2.75, 3.05) is 11.9 Å². The molecule has 3 rings (SSSR count). The summed E-state index contributed by atoms with van der Waals surface area (Å²) in [5.41, 5.74) is 10.4. The number of aromatic nitrogens is 2. The Kier molecular flexibility index (Phi) is 6.42. The van der Waals surface area contributed by atoms with Gasteiger partial charge in [-0.15, -0.1) is 0 Å². The maximum Gasteiger partial charge on any atom is 0.257 e. The van der Waals surface area contributed by atoms with Crippen LogP contribution in [0.5, 0.6) is 0 Å². The molecule has 0 bridgehead atoms. The quantitative estimate of drug-likeness (QED) is 0.471. The maximum absolute atomic E-state index is 6.02. The Hall–Kier alpha value is -3.15. The first kappa shape index (κ1) is 19.6. The van der Waals surface area contributed by atoms with Crippen LogP contribution in [0.3, 0.4) is 0 Å². The van der Waals surface area contributed by atoms with Gasteiger partial charge >= 0.3 is 0 Å². The van der Waals surface area contributed by atoms with Crippen molar-refractivity contribution in [2.24, 2.45) is 10.7 Å². The third kappa shape index (κ3) is 5.19. The molecule has 0 spiro atoms. The van der Waals surface area contributed by atoms with Gasteiger partial charge in [-0.05, 0) is 47.7 Å². The number of hydrogen-bond acceptors (Lipinski definition) is 4. The predicted octanol–water partition coefficient (Wildman–Crippen LogP) is 4.39. The van der Waals surface area contributed by atoms with Crippen molar-refractivity contribution in [3.8, 4) is 11.5 Å². The van der Waals surface area contributed by atoms with Gasteiger partial charge in [0.1, 0.15) is 0 Å². The van der Waals surface area contributed by atoms with Crippen LogP contribution in [0.15, 0.2) is 58.0 Å². The zero-order valence-corrected chi connectivity index (χ0v) is 16.6. The second-order valence-corrected chi connectivity index (χ2v) is 6.99. The summed E-state index contributed by atoms with van der Waals surface area (Å²) < 4.78 is 5.27. The Morgan fingerprint density at radius 1 is 1.18 bits per heavy atom. The second-order valence-electron chi connectivity index (χ2n) is 6.99. The number of aliphatic imine (C=N–C) groups is 1. The minimum atomic E-state index is 0.426. The predicted molar refractivity (Wildman–Crippen MR) is 113 cm³/mol. The standard InChI is InChI=1S/C22H27N5O/c1-4-20-26-21(28-27-20)17-10-8-16(9-11-17)12-13-24-22(23)25-19-7-5-6-18(14-19)15(2)3/h5-11,14-15H,4,12-13H2,1-3H3,(H3,23,24,25). The highest BCUT2D eigenvalue weighted by atomic mass is 16.5. The molecule has 0 atom stereocenters. The van der Waals surface area contributed by atoms with Crippen molar-refractivity contribution >= 4 is 11.6 Å². The van der Waals surface area contributed by atoms with E-state index in [1.165, 1.54) is 11.1 Å². The average molecular weight is 377 g/mol. The van der Waals surface area contributed by atoms with Crippen LogP contribution in [-0.2, 0) is 12.8 Å². The van der Waals surface area contributed by atoms with E-state index in [0.717, 1.165) is 29.9 Å². The van der Waals surface area contributed by atoms with E-state index in [0.29, 0.717) is 24.3 Å². The minimum Gasteiger partial charge on any atom is -0.370 e. The first-order valence-corrected chi connectivity index (χ1v) is 9.64. The molecule has 0 fully saturated rings. The summed E-state index contributed by atoms with van der Waals surface area (Å²) in [6.45, 7) is 6.95. The highest BCUT2D eigenvalue weighted by Gasteiger charge is 2.07. The van der Waals surface area contributed by atoms with Gasteiger partial charge in [0.25, 0.3) is 5.89 Å². The largest absolute Gasteiger partial charge is 0.370 e. The second kappa shape index (κ2) is 9.17. The van der Waals surface area contributed by atoms with Crippen LogP contribution in [0, 0.1) is 0 Å². The van der Waals surface area contributed by atoms with Gasteiger partial charge in [-0.1, -0.05) is 50.2 Å². The Bertz CT molecular complexity index is 928. The molecule has 0 amide bonds. The summed E-state index contributed by atoms with van der Waals surface area (Å²) in [4.78, 5) is 8.77. The number of nitrogens with zero attached hydrogens (tertiary/aromatic N) is 3. The highest BCUT2D eigenvalue weighted by molar-refractivity contribution is 5.92. The number of aryl methyl sites for hydroxylation is 1. The highest BCUT2D eigenvalue weighted by Crippen LogP contribution is 2.19. The monoisotopic (exact) mass is 377 g/mol. The average Bonchev–Trinajstić information content (AvgIpc) is 3.18. The SMILES string of the molecule is CCc1noc(-c2ccc(CCN=C(N)Nc3cccc(C(C)C)c3)cc2)n1. The van der Waals surface area contributed by atoms with Crippen molar-refractivity contribution < 1.29 is 4.52 Å². The molecule has 28 heavy (non-hydrogen) atoms. The van der Waals surface area contributed by atoms with Crippen LogP contribution in [0.4, 0.5) is 5.69 Å². The molecule has 0 aliphatic rings. The Labute approximate surface area is 165 Å². The van der Waals surface area contributed by atoms with Crippen molar-refractivity contribution in [1.82, 2.24) is 10.1 Å². The fourth-order valence-electron chi connectivity index (χ4n) is 2.80. The number of hydrogen-bond donors (Lipinski definition) is 2. The molecule has 0 saturated heterocycles. The number of anilines is 1. The number of nitrogens with two attached hydrogens (primary N) is 1. The lowest BCUT2D eigenvalue weighted by Crippen LogP contribution is -2.23. The molecule has 6 heteroatoms. The van der Waals surface area contributed by atoms with E-state index < -0.39 is 0 Å². The number of guanidine groups is 1. The molecule has 0 saturated carbocycles. The van der Waals surface area contributed by atoms with E-state index in [1.807, 2.05) is 31.2 Å². The smallest absolute Gasteiger partial charge is 0.257 e. The molecule has 3 N–H and O–H groups in total. The van der Waals surface area contributed by atoms with E-state index >= 15 is 0 Å². The summed E-state index contributed by atoms with van der Waals surface area (Å²) in [7, 11) is 0. The molecule has 0 aliphatic heterocycles. The molecule has 0 aliphatic carbocycles. The van der Waals surface area contributed by atoms with Crippen LogP contribution in [-0.4, -0.2) is 22.6 Å². The van der Waals surface area contributed by atoms with E-state index in [2.05, 4.69) is 58.6 Å². The molecule has 1 heterocycles. The van der Waals surface area contributed by atoms with E-state index in [4.69, 9.17) is 10.3 Å². The lowest BCUT2D eigenvalue weighted by atomic mass is 10.0. The third-order valence-corrected chi connectivity index (χ3v) is 4.49. The number of benzene rings is 2. The third-order valence-electron chi connectivity index (χ3n) is 4.49. The van der Waals surface area contributed by atoms with E-state index in [-0.39, 0.29) is 0 Å². The first-order chi connectivity index (χ1) is 13.5. The van der Waals surface area contributed by atoms with Crippen molar-refractivity contribution in [1.29, 1.82) is 0 Å². The molecule has 0 radical (unpaired) electrons. The maximum atomic E-state index is 6.02. The Morgan fingerprint density at radius 2 is 1.96 bits per heavy atom.